The van der Waals surface area contributed by atoms with E-state index in [0.717, 1.165) is 16.3 Å². The van der Waals surface area contributed by atoms with Crippen molar-refractivity contribution in [2.24, 2.45) is 0 Å². The second kappa shape index (κ2) is 3.33. The Balaban J connectivity index is 2.52. The van der Waals surface area contributed by atoms with E-state index in [1.165, 1.54) is 5.56 Å². The number of thiol groups is 1. The van der Waals surface area contributed by atoms with Gasteiger partial charge in [0.1, 0.15) is 5.66 Å². The number of benzene rings is 1. The lowest BCUT2D eigenvalue weighted by molar-refractivity contribution is 0.578. The Morgan fingerprint density at radius 3 is 2.31 bits per heavy atom. The Bertz CT molecular complexity index is 430. The lowest BCUT2D eigenvalue weighted by Gasteiger charge is -2.23. The van der Waals surface area contributed by atoms with Crippen LogP contribution in [-0.4, -0.2) is 5.66 Å². The van der Waals surface area contributed by atoms with Crippen LogP contribution in [0, 0.1) is 0 Å². The van der Waals surface area contributed by atoms with Crippen molar-refractivity contribution in [3.05, 3.63) is 17.7 Å². The summed E-state index contributed by atoms with van der Waals surface area (Å²) in [6, 6.07) is 4.30. The molecule has 0 saturated carbocycles. The normalized spacial score (nSPS) is 17.6. The van der Waals surface area contributed by atoms with Crippen LogP contribution in [0.3, 0.4) is 0 Å². The number of hydrogen-bond acceptors (Lipinski definition) is 3. The SMILES string of the molecule is CC1(C)Nc2ccc(C(C)(C)C)c(S)c2N1. The molecule has 0 amide bonds. The number of rotatable bonds is 0. The lowest BCUT2D eigenvalue weighted by Crippen LogP contribution is -2.33. The molecule has 16 heavy (non-hydrogen) atoms. The molecule has 1 aliphatic rings. The van der Waals surface area contributed by atoms with Gasteiger partial charge in [-0.25, -0.2) is 0 Å². The summed E-state index contributed by atoms with van der Waals surface area (Å²) in [6.45, 7) is 10.9. The second-order valence-electron chi connectivity index (χ2n) is 6.01. The van der Waals surface area contributed by atoms with E-state index in [0.29, 0.717) is 0 Å². The first-order chi connectivity index (χ1) is 7.21. The third-order valence-electron chi connectivity index (χ3n) is 2.87. The van der Waals surface area contributed by atoms with Crippen molar-refractivity contribution in [1.29, 1.82) is 0 Å². The zero-order valence-electron chi connectivity index (χ0n) is 10.6. The van der Waals surface area contributed by atoms with E-state index in [4.69, 9.17) is 0 Å². The third kappa shape index (κ3) is 1.88. The Morgan fingerprint density at radius 1 is 1.12 bits per heavy atom. The van der Waals surface area contributed by atoms with E-state index in [1.54, 1.807) is 0 Å². The number of hydrogen-bond donors (Lipinski definition) is 3. The molecule has 2 N–H and O–H groups in total. The molecule has 1 aromatic rings. The minimum absolute atomic E-state index is 0.0870. The minimum Gasteiger partial charge on any atom is -0.362 e. The summed E-state index contributed by atoms with van der Waals surface area (Å²) < 4.78 is 0. The molecule has 0 bridgehead atoms. The van der Waals surface area contributed by atoms with Crippen LogP contribution in [0.15, 0.2) is 17.0 Å². The standard InChI is InChI=1S/C13H20N2S/c1-12(2,3)8-6-7-9-10(11(8)16)15-13(4,5)14-9/h6-7,14-16H,1-5H3. The van der Waals surface area contributed by atoms with Gasteiger partial charge in [-0.15, -0.1) is 12.6 Å². The van der Waals surface area contributed by atoms with Crippen LogP contribution in [0.25, 0.3) is 0 Å². The van der Waals surface area contributed by atoms with Gasteiger partial charge >= 0.3 is 0 Å². The first-order valence-corrected chi connectivity index (χ1v) is 6.08. The lowest BCUT2D eigenvalue weighted by atomic mass is 9.86. The predicted molar refractivity (Wildman–Crippen MR) is 73.7 cm³/mol. The summed E-state index contributed by atoms with van der Waals surface area (Å²) in [5.41, 5.74) is 3.59. The average molecular weight is 236 g/mol. The molecule has 0 spiro atoms. The summed E-state index contributed by atoms with van der Waals surface area (Å²) in [6.07, 6.45) is 0. The van der Waals surface area contributed by atoms with Crippen molar-refractivity contribution >= 4 is 24.0 Å². The van der Waals surface area contributed by atoms with Gasteiger partial charge < -0.3 is 10.6 Å². The highest BCUT2D eigenvalue weighted by atomic mass is 32.1. The van der Waals surface area contributed by atoms with Crippen LogP contribution >= 0.6 is 12.6 Å². The molecule has 0 saturated heterocycles. The molecule has 1 heterocycles. The molecule has 1 aromatic carbocycles. The third-order valence-corrected chi connectivity index (χ3v) is 3.34. The van der Waals surface area contributed by atoms with Crippen LogP contribution < -0.4 is 10.6 Å². The molecule has 2 nitrogen and oxygen atoms in total. The zero-order valence-corrected chi connectivity index (χ0v) is 11.5. The molecule has 2 rings (SSSR count). The maximum Gasteiger partial charge on any atom is 0.102 e. The van der Waals surface area contributed by atoms with Crippen molar-refractivity contribution in [3.63, 3.8) is 0 Å². The molecule has 3 heteroatoms. The Labute approximate surface area is 103 Å². The van der Waals surface area contributed by atoms with Gasteiger partial charge in [-0.05, 0) is 30.9 Å². The highest BCUT2D eigenvalue weighted by molar-refractivity contribution is 7.80. The summed E-state index contributed by atoms with van der Waals surface area (Å²) in [4.78, 5) is 1.06. The van der Waals surface area contributed by atoms with Gasteiger partial charge in [0.15, 0.2) is 0 Å². The van der Waals surface area contributed by atoms with Gasteiger partial charge in [0.25, 0.3) is 0 Å². The van der Waals surface area contributed by atoms with Gasteiger partial charge in [0.2, 0.25) is 0 Å². The fourth-order valence-corrected chi connectivity index (χ4v) is 2.69. The summed E-state index contributed by atoms with van der Waals surface area (Å²) in [7, 11) is 0. The van der Waals surface area contributed by atoms with Gasteiger partial charge in [0, 0.05) is 4.90 Å². The molecule has 0 fully saturated rings. The topological polar surface area (TPSA) is 24.1 Å². The van der Waals surface area contributed by atoms with E-state index in [9.17, 15) is 0 Å². The van der Waals surface area contributed by atoms with Crippen LogP contribution in [0.1, 0.15) is 40.2 Å². The molecule has 0 aliphatic carbocycles. The second-order valence-corrected chi connectivity index (χ2v) is 6.46. The van der Waals surface area contributed by atoms with E-state index < -0.39 is 0 Å². The van der Waals surface area contributed by atoms with Crippen LogP contribution in [0.5, 0.6) is 0 Å². The van der Waals surface area contributed by atoms with E-state index in [2.05, 4.69) is 70.0 Å². The Morgan fingerprint density at radius 2 is 1.75 bits per heavy atom. The van der Waals surface area contributed by atoms with Crippen molar-refractivity contribution in [3.8, 4) is 0 Å². The van der Waals surface area contributed by atoms with Crippen LogP contribution in [-0.2, 0) is 5.41 Å². The number of fused-ring (bicyclic) bond motifs is 1. The largest absolute Gasteiger partial charge is 0.362 e. The monoisotopic (exact) mass is 236 g/mol. The molecular weight excluding hydrogens is 216 g/mol. The quantitative estimate of drug-likeness (QED) is 0.596. The van der Waals surface area contributed by atoms with Gasteiger partial charge in [0.05, 0.1) is 11.4 Å². The van der Waals surface area contributed by atoms with Gasteiger partial charge in [-0.3, -0.25) is 0 Å². The molecule has 88 valence electrons. The van der Waals surface area contributed by atoms with E-state index >= 15 is 0 Å². The average Bonchev–Trinajstić information content (AvgIpc) is 2.38. The fourth-order valence-electron chi connectivity index (χ4n) is 2.11. The predicted octanol–water partition coefficient (Wildman–Crippen LogP) is 3.85. The zero-order chi connectivity index (χ0) is 12.1. The van der Waals surface area contributed by atoms with Crippen molar-refractivity contribution in [1.82, 2.24) is 0 Å². The van der Waals surface area contributed by atoms with Gasteiger partial charge in [-0.1, -0.05) is 26.8 Å². The molecule has 0 aromatic heterocycles. The van der Waals surface area contributed by atoms with Crippen LogP contribution in [0.4, 0.5) is 11.4 Å². The van der Waals surface area contributed by atoms with E-state index in [-0.39, 0.29) is 11.1 Å². The number of anilines is 2. The highest BCUT2D eigenvalue weighted by Crippen LogP contribution is 2.43. The molecule has 0 unspecified atom stereocenters. The smallest absolute Gasteiger partial charge is 0.102 e. The van der Waals surface area contributed by atoms with E-state index in [1.807, 2.05) is 0 Å². The number of nitrogens with one attached hydrogen (secondary N) is 2. The fraction of sp³-hybridized carbons (Fsp3) is 0.538. The summed E-state index contributed by atoms with van der Waals surface area (Å²) >= 11 is 4.67. The van der Waals surface area contributed by atoms with Crippen molar-refractivity contribution < 1.29 is 0 Å². The Hall–Kier alpha value is -0.830. The molecule has 0 atom stereocenters. The minimum atomic E-state index is -0.0870. The van der Waals surface area contributed by atoms with Crippen LogP contribution in [0.2, 0.25) is 0 Å². The molecular formula is C13H20N2S. The van der Waals surface area contributed by atoms with Gasteiger partial charge in [-0.2, -0.15) is 0 Å². The maximum absolute atomic E-state index is 4.67. The molecule has 0 radical (unpaired) electrons. The summed E-state index contributed by atoms with van der Waals surface area (Å²) in [5, 5.41) is 6.90. The van der Waals surface area contributed by atoms with Crippen molar-refractivity contribution in [2.45, 2.75) is 50.6 Å². The first kappa shape index (κ1) is 11.6. The Kier molecular flexibility index (Phi) is 2.42. The highest BCUT2D eigenvalue weighted by Gasteiger charge is 2.30. The first-order valence-electron chi connectivity index (χ1n) is 5.63. The van der Waals surface area contributed by atoms with Crippen molar-refractivity contribution in [2.75, 3.05) is 10.6 Å². The summed E-state index contributed by atoms with van der Waals surface area (Å²) in [5.74, 6) is 0. The maximum atomic E-state index is 4.67. The molecule has 1 aliphatic heterocycles.